The zero-order chi connectivity index (χ0) is 22.0. The molecule has 4 rings (SSSR count). The predicted octanol–water partition coefficient (Wildman–Crippen LogP) is 3.24. The maximum atomic E-state index is 12.7. The summed E-state index contributed by atoms with van der Waals surface area (Å²) in [6.07, 6.45) is 0.544. The van der Waals surface area contributed by atoms with Crippen LogP contribution in [0.3, 0.4) is 0 Å². The van der Waals surface area contributed by atoms with Crippen LogP contribution in [0.15, 0.2) is 48.5 Å². The number of nitrogens with one attached hydrogen (secondary N) is 1. The van der Waals surface area contributed by atoms with Crippen molar-refractivity contribution in [3.05, 3.63) is 59.7 Å². The Morgan fingerprint density at radius 1 is 1.10 bits per heavy atom. The average molecular weight is 422 g/mol. The van der Waals surface area contributed by atoms with Gasteiger partial charge < -0.3 is 20.1 Å². The summed E-state index contributed by atoms with van der Waals surface area (Å²) in [6.45, 7) is 2.43. The van der Waals surface area contributed by atoms with Gasteiger partial charge in [-0.3, -0.25) is 9.59 Å². The van der Waals surface area contributed by atoms with Gasteiger partial charge in [0.15, 0.2) is 0 Å². The van der Waals surface area contributed by atoms with E-state index in [0.717, 1.165) is 22.3 Å². The van der Waals surface area contributed by atoms with Gasteiger partial charge >= 0.3 is 12.1 Å². The molecular formula is C24H26N2O5. The number of nitrogens with zero attached hydrogens (tertiary/aromatic N) is 1. The van der Waals surface area contributed by atoms with Gasteiger partial charge in [0.25, 0.3) is 0 Å². The van der Waals surface area contributed by atoms with E-state index >= 15 is 0 Å². The van der Waals surface area contributed by atoms with Crippen molar-refractivity contribution in [1.82, 2.24) is 10.2 Å². The quantitative estimate of drug-likeness (QED) is 0.771. The van der Waals surface area contributed by atoms with E-state index in [-0.39, 0.29) is 25.0 Å². The van der Waals surface area contributed by atoms with Crippen LogP contribution in [0.4, 0.5) is 4.79 Å². The zero-order valence-corrected chi connectivity index (χ0v) is 17.4. The van der Waals surface area contributed by atoms with Crippen LogP contribution in [-0.2, 0) is 14.3 Å². The van der Waals surface area contributed by atoms with Crippen molar-refractivity contribution in [2.75, 3.05) is 19.7 Å². The molecule has 162 valence electrons. The molecule has 2 aliphatic rings. The Morgan fingerprint density at radius 3 is 2.32 bits per heavy atom. The molecular weight excluding hydrogens is 396 g/mol. The van der Waals surface area contributed by atoms with E-state index in [1.54, 1.807) is 6.92 Å². The number of piperidine rings is 1. The molecule has 0 spiro atoms. The van der Waals surface area contributed by atoms with E-state index in [0.29, 0.717) is 19.4 Å². The number of carbonyl (C=O) groups is 3. The number of carboxylic acids is 1. The van der Waals surface area contributed by atoms with Gasteiger partial charge in [-0.05, 0) is 42.0 Å². The monoisotopic (exact) mass is 422 g/mol. The molecule has 0 radical (unpaired) electrons. The standard InChI is InChI=1S/C24H26N2O5/c1-15(22(27)26-12-6-7-16(13-26)23(28)29)25-24(30)31-14-21-19-10-4-2-8-17(19)18-9-3-5-11-20(18)21/h2-5,8-11,15-16,21H,6-7,12-14H2,1H3,(H,25,30)(H,28,29)/t15-,16-/m0/s1. The summed E-state index contributed by atoms with van der Waals surface area (Å²) in [4.78, 5) is 37.8. The number of ether oxygens (including phenoxy) is 1. The van der Waals surface area contributed by atoms with Gasteiger partial charge in [0.05, 0.1) is 5.92 Å². The highest BCUT2D eigenvalue weighted by Gasteiger charge is 2.32. The molecule has 0 aromatic heterocycles. The van der Waals surface area contributed by atoms with Gasteiger partial charge in [0.1, 0.15) is 12.6 Å². The van der Waals surface area contributed by atoms with Crippen LogP contribution in [-0.4, -0.2) is 53.7 Å². The number of hydrogen-bond acceptors (Lipinski definition) is 4. The highest BCUT2D eigenvalue weighted by atomic mass is 16.5. The van der Waals surface area contributed by atoms with Gasteiger partial charge in [-0.25, -0.2) is 4.79 Å². The number of benzene rings is 2. The number of carbonyl (C=O) groups excluding carboxylic acids is 2. The van der Waals surface area contributed by atoms with Crippen molar-refractivity contribution in [2.24, 2.45) is 5.92 Å². The first-order valence-corrected chi connectivity index (χ1v) is 10.6. The maximum Gasteiger partial charge on any atom is 0.407 e. The molecule has 31 heavy (non-hydrogen) atoms. The van der Waals surface area contributed by atoms with E-state index in [1.807, 2.05) is 36.4 Å². The van der Waals surface area contributed by atoms with E-state index < -0.39 is 24.0 Å². The van der Waals surface area contributed by atoms with Gasteiger partial charge in [-0.15, -0.1) is 0 Å². The summed E-state index contributed by atoms with van der Waals surface area (Å²) >= 11 is 0. The maximum absolute atomic E-state index is 12.7. The number of likely N-dealkylation sites (tertiary alicyclic amines) is 1. The fourth-order valence-corrected chi connectivity index (χ4v) is 4.53. The molecule has 1 saturated heterocycles. The minimum Gasteiger partial charge on any atom is -0.481 e. The molecule has 1 heterocycles. The highest BCUT2D eigenvalue weighted by Crippen LogP contribution is 2.44. The molecule has 2 amide bonds. The topological polar surface area (TPSA) is 95.9 Å². The molecule has 0 bridgehead atoms. The number of amides is 2. The Balaban J connectivity index is 1.35. The second kappa shape index (κ2) is 8.79. The van der Waals surface area contributed by atoms with E-state index in [1.165, 1.54) is 4.90 Å². The lowest BCUT2D eigenvalue weighted by Gasteiger charge is -2.32. The van der Waals surface area contributed by atoms with Crippen molar-refractivity contribution in [1.29, 1.82) is 0 Å². The van der Waals surface area contributed by atoms with Crippen molar-refractivity contribution in [2.45, 2.75) is 31.7 Å². The van der Waals surface area contributed by atoms with Crippen molar-refractivity contribution < 1.29 is 24.2 Å². The van der Waals surface area contributed by atoms with Crippen LogP contribution in [0.5, 0.6) is 0 Å². The van der Waals surface area contributed by atoms with E-state index in [4.69, 9.17) is 4.74 Å². The molecule has 2 atom stereocenters. The Labute approximate surface area is 181 Å². The normalized spacial score (nSPS) is 18.6. The summed E-state index contributed by atoms with van der Waals surface area (Å²) < 4.78 is 5.49. The van der Waals surface area contributed by atoms with Crippen LogP contribution in [0.1, 0.15) is 36.8 Å². The molecule has 1 aliphatic heterocycles. The molecule has 0 unspecified atom stereocenters. The van der Waals surface area contributed by atoms with Gasteiger partial charge in [-0.1, -0.05) is 48.5 Å². The number of carboxylic acid groups (broad SMARTS) is 1. The second-order valence-electron chi connectivity index (χ2n) is 8.15. The lowest BCUT2D eigenvalue weighted by Crippen LogP contribution is -2.51. The average Bonchev–Trinajstić information content (AvgIpc) is 3.11. The summed E-state index contributed by atoms with van der Waals surface area (Å²) in [5.74, 6) is -1.80. The molecule has 7 nitrogen and oxygen atoms in total. The Bertz CT molecular complexity index is 959. The van der Waals surface area contributed by atoms with Gasteiger partial charge in [0.2, 0.25) is 5.91 Å². The lowest BCUT2D eigenvalue weighted by atomic mass is 9.98. The summed E-state index contributed by atoms with van der Waals surface area (Å²) in [6, 6.07) is 15.4. The van der Waals surface area contributed by atoms with Gasteiger partial charge in [0, 0.05) is 19.0 Å². The third-order valence-corrected chi connectivity index (χ3v) is 6.13. The molecule has 2 N–H and O–H groups in total. The third-order valence-electron chi connectivity index (χ3n) is 6.13. The fourth-order valence-electron chi connectivity index (χ4n) is 4.53. The Morgan fingerprint density at radius 2 is 1.71 bits per heavy atom. The first kappa shape index (κ1) is 20.9. The molecule has 7 heteroatoms. The van der Waals surface area contributed by atoms with Crippen LogP contribution in [0, 0.1) is 5.92 Å². The molecule has 1 aliphatic carbocycles. The van der Waals surface area contributed by atoms with Crippen LogP contribution in [0.2, 0.25) is 0 Å². The molecule has 2 aromatic rings. The fraction of sp³-hybridized carbons (Fsp3) is 0.375. The molecule has 2 aromatic carbocycles. The molecule has 0 saturated carbocycles. The van der Waals surface area contributed by atoms with Crippen LogP contribution >= 0.6 is 0 Å². The predicted molar refractivity (Wildman–Crippen MR) is 115 cm³/mol. The Kier molecular flexibility index (Phi) is 5.93. The first-order chi connectivity index (χ1) is 15.0. The summed E-state index contributed by atoms with van der Waals surface area (Å²) in [5.41, 5.74) is 4.53. The highest BCUT2D eigenvalue weighted by molar-refractivity contribution is 5.86. The van der Waals surface area contributed by atoms with Crippen molar-refractivity contribution in [3.63, 3.8) is 0 Å². The minimum absolute atomic E-state index is 0.0532. The second-order valence-corrected chi connectivity index (χ2v) is 8.15. The third kappa shape index (κ3) is 4.26. The summed E-state index contributed by atoms with van der Waals surface area (Å²) in [5, 5.41) is 11.8. The van der Waals surface area contributed by atoms with Gasteiger partial charge in [-0.2, -0.15) is 0 Å². The van der Waals surface area contributed by atoms with Crippen LogP contribution < -0.4 is 5.32 Å². The van der Waals surface area contributed by atoms with Crippen LogP contribution in [0.25, 0.3) is 11.1 Å². The van der Waals surface area contributed by atoms with E-state index in [9.17, 15) is 19.5 Å². The number of hydrogen-bond donors (Lipinski definition) is 2. The number of alkyl carbamates (subject to hydrolysis) is 1. The number of rotatable bonds is 5. The SMILES string of the molecule is C[C@H](NC(=O)OCC1c2ccccc2-c2ccccc21)C(=O)N1CCC[C@H](C(=O)O)C1. The van der Waals surface area contributed by atoms with Crippen molar-refractivity contribution >= 4 is 18.0 Å². The largest absolute Gasteiger partial charge is 0.481 e. The lowest BCUT2D eigenvalue weighted by molar-refractivity contribution is -0.146. The first-order valence-electron chi connectivity index (χ1n) is 10.6. The molecule has 1 fully saturated rings. The number of aliphatic carboxylic acids is 1. The summed E-state index contributed by atoms with van der Waals surface area (Å²) in [7, 11) is 0. The minimum atomic E-state index is -0.894. The zero-order valence-electron chi connectivity index (χ0n) is 17.4. The Hall–Kier alpha value is -3.35. The van der Waals surface area contributed by atoms with E-state index in [2.05, 4.69) is 17.4 Å². The smallest absolute Gasteiger partial charge is 0.407 e. The number of fused-ring (bicyclic) bond motifs is 3. The van der Waals surface area contributed by atoms with Crippen molar-refractivity contribution in [3.8, 4) is 11.1 Å².